The molecule has 1 aliphatic heterocycles. The second-order valence-electron chi connectivity index (χ2n) is 5.75. The van der Waals surface area contributed by atoms with Crippen LogP contribution in [0.3, 0.4) is 0 Å². The van der Waals surface area contributed by atoms with Gasteiger partial charge in [-0.2, -0.15) is 0 Å². The molecule has 3 amide bonds. The highest BCUT2D eigenvalue weighted by Crippen LogP contribution is 2.36. The Morgan fingerprint density at radius 3 is 2.37 bits per heavy atom. The molecule has 1 aliphatic rings. The van der Waals surface area contributed by atoms with Crippen molar-refractivity contribution in [2.75, 3.05) is 16.8 Å². The van der Waals surface area contributed by atoms with Crippen LogP contribution in [0.5, 0.6) is 5.75 Å². The number of imide groups is 1. The van der Waals surface area contributed by atoms with E-state index in [4.69, 9.17) is 4.74 Å². The summed E-state index contributed by atoms with van der Waals surface area (Å²) in [5.74, 6) is 0.195. The SMILES string of the molecule is CCOc1ccc(/C=C2\SC(=O)N(c3ccc(NC(C)=O)cc3)C2=O)cc1. The van der Waals surface area contributed by atoms with Crippen molar-refractivity contribution in [1.82, 2.24) is 0 Å². The first kappa shape index (κ1) is 18.7. The van der Waals surface area contributed by atoms with Gasteiger partial charge in [0, 0.05) is 12.6 Å². The maximum absolute atomic E-state index is 12.7. The van der Waals surface area contributed by atoms with Gasteiger partial charge in [-0.05, 0) is 66.7 Å². The van der Waals surface area contributed by atoms with Crippen LogP contribution in [0.25, 0.3) is 6.08 Å². The van der Waals surface area contributed by atoms with Crippen LogP contribution in [0, 0.1) is 0 Å². The van der Waals surface area contributed by atoms with Crippen molar-refractivity contribution in [1.29, 1.82) is 0 Å². The van der Waals surface area contributed by atoms with Crippen molar-refractivity contribution in [3.63, 3.8) is 0 Å². The van der Waals surface area contributed by atoms with E-state index in [2.05, 4.69) is 5.32 Å². The molecule has 0 aromatic heterocycles. The molecule has 0 bridgehead atoms. The fourth-order valence-electron chi connectivity index (χ4n) is 2.57. The first-order valence-electron chi connectivity index (χ1n) is 8.36. The number of benzene rings is 2. The lowest BCUT2D eigenvalue weighted by Gasteiger charge is -2.13. The third kappa shape index (κ3) is 4.38. The van der Waals surface area contributed by atoms with E-state index in [9.17, 15) is 14.4 Å². The Labute approximate surface area is 161 Å². The zero-order chi connectivity index (χ0) is 19.4. The van der Waals surface area contributed by atoms with Gasteiger partial charge < -0.3 is 10.1 Å². The number of hydrogen-bond donors (Lipinski definition) is 1. The van der Waals surface area contributed by atoms with E-state index in [-0.39, 0.29) is 17.1 Å². The van der Waals surface area contributed by atoms with Crippen LogP contribution in [0.1, 0.15) is 19.4 Å². The first-order chi connectivity index (χ1) is 13.0. The molecule has 1 N–H and O–H groups in total. The number of rotatable bonds is 5. The number of carbonyl (C=O) groups excluding carboxylic acids is 3. The average molecular weight is 382 g/mol. The number of ether oxygens (including phenoxy) is 1. The largest absolute Gasteiger partial charge is 0.494 e. The van der Waals surface area contributed by atoms with E-state index in [0.717, 1.165) is 28.0 Å². The van der Waals surface area contributed by atoms with Gasteiger partial charge in [-0.1, -0.05) is 12.1 Å². The molecule has 0 atom stereocenters. The summed E-state index contributed by atoms with van der Waals surface area (Å²) >= 11 is 0.898. The summed E-state index contributed by atoms with van der Waals surface area (Å²) in [6.45, 7) is 3.90. The van der Waals surface area contributed by atoms with Crippen LogP contribution >= 0.6 is 11.8 Å². The molecule has 2 aromatic carbocycles. The monoisotopic (exact) mass is 382 g/mol. The Morgan fingerprint density at radius 2 is 1.78 bits per heavy atom. The Hall–Kier alpha value is -3.06. The zero-order valence-electron chi connectivity index (χ0n) is 14.9. The lowest BCUT2D eigenvalue weighted by Crippen LogP contribution is -2.27. The molecule has 0 aliphatic carbocycles. The van der Waals surface area contributed by atoms with E-state index < -0.39 is 0 Å². The number of nitrogens with one attached hydrogen (secondary N) is 1. The molecule has 0 saturated carbocycles. The average Bonchev–Trinajstić information content (AvgIpc) is 2.91. The molecule has 0 radical (unpaired) electrons. The lowest BCUT2D eigenvalue weighted by molar-refractivity contribution is -0.114. The highest BCUT2D eigenvalue weighted by atomic mass is 32.2. The van der Waals surface area contributed by atoms with E-state index in [0.29, 0.717) is 22.9 Å². The molecule has 27 heavy (non-hydrogen) atoms. The van der Waals surface area contributed by atoms with E-state index in [1.54, 1.807) is 30.3 Å². The highest BCUT2D eigenvalue weighted by molar-refractivity contribution is 8.19. The van der Waals surface area contributed by atoms with E-state index >= 15 is 0 Å². The van der Waals surface area contributed by atoms with Crippen molar-refractivity contribution in [3.05, 3.63) is 59.0 Å². The number of amides is 3. The summed E-state index contributed by atoms with van der Waals surface area (Å²) < 4.78 is 5.40. The molecule has 3 rings (SSSR count). The van der Waals surface area contributed by atoms with E-state index in [1.165, 1.54) is 6.92 Å². The minimum absolute atomic E-state index is 0.188. The van der Waals surface area contributed by atoms with Gasteiger partial charge in [0.1, 0.15) is 5.75 Å². The van der Waals surface area contributed by atoms with Crippen molar-refractivity contribution in [3.8, 4) is 5.75 Å². The molecular weight excluding hydrogens is 364 g/mol. The molecule has 1 saturated heterocycles. The Balaban J connectivity index is 1.79. The highest BCUT2D eigenvalue weighted by Gasteiger charge is 2.36. The molecule has 1 heterocycles. The van der Waals surface area contributed by atoms with Gasteiger partial charge in [0.2, 0.25) is 5.91 Å². The summed E-state index contributed by atoms with van der Waals surface area (Å²) in [6, 6.07) is 13.9. The third-order valence-corrected chi connectivity index (χ3v) is 4.60. The molecule has 6 nitrogen and oxygen atoms in total. The maximum atomic E-state index is 12.7. The number of thioether (sulfide) groups is 1. The molecule has 138 valence electrons. The van der Waals surface area contributed by atoms with Crippen LogP contribution in [0.15, 0.2) is 53.4 Å². The van der Waals surface area contributed by atoms with Crippen LogP contribution in [0.2, 0.25) is 0 Å². The molecule has 0 unspecified atom stereocenters. The maximum Gasteiger partial charge on any atom is 0.298 e. The van der Waals surface area contributed by atoms with Gasteiger partial charge in [-0.15, -0.1) is 0 Å². The molecule has 7 heteroatoms. The normalized spacial score (nSPS) is 15.3. The standard InChI is InChI=1S/C20H18N2O4S/c1-3-26-17-10-4-14(5-11-17)12-18-19(24)22(20(25)27-18)16-8-6-15(7-9-16)21-13(2)23/h4-12H,3H2,1-2H3,(H,21,23)/b18-12-. The predicted octanol–water partition coefficient (Wildman–Crippen LogP) is 4.28. The number of hydrogen-bond acceptors (Lipinski definition) is 5. The van der Waals surface area contributed by atoms with Crippen molar-refractivity contribution < 1.29 is 19.1 Å². The van der Waals surface area contributed by atoms with Crippen LogP contribution in [-0.2, 0) is 9.59 Å². The summed E-state index contributed by atoms with van der Waals surface area (Å²) in [4.78, 5) is 37.6. The molecule has 1 fully saturated rings. The Morgan fingerprint density at radius 1 is 1.11 bits per heavy atom. The quantitative estimate of drug-likeness (QED) is 0.781. The first-order valence-corrected chi connectivity index (χ1v) is 9.18. The summed E-state index contributed by atoms with van der Waals surface area (Å²) in [6.07, 6.45) is 1.69. The summed E-state index contributed by atoms with van der Waals surface area (Å²) in [5.41, 5.74) is 1.87. The Kier molecular flexibility index (Phi) is 5.61. The lowest BCUT2D eigenvalue weighted by atomic mass is 10.2. The van der Waals surface area contributed by atoms with Gasteiger partial charge in [0.25, 0.3) is 11.1 Å². The predicted molar refractivity (Wildman–Crippen MR) is 107 cm³/mol. The summed E-state index contributed by atoms with van der Waals surface area (Å²) in [7, 11) is 0. The second kappa shape index (κ2) is 8.09. The van der Waals surface area contributed by atoms with Crippen LogP contribution in [0.4, 0.5) is 16.2 Å². The Bertz CT molecular complexity index is 905. The number of carbonyl (C=O) groups is 3. The topological polar surface area (TPSA) is 75.7 Å². The fraction of sp³-hybridized carbons (Fsp3) is 0.150. The van der Waals surface area contributed by atoms with Crippen LogP contribution < -0.4 is 15.0 Å². The van der Waals surface area contributed by atoms with E-state index in [1.807, 2.05) is 31.2 Å². The van der Waals surface area contributed by atoms with Gasteiger partial charge in [0.15, 0.2) is 0 Å². The van der Waals surface area contributed by atoms with Gasteiger partial charge in [0.05, 0.1) is 17.2 Å². The molecule has 0 spiro atoms. The molecule has 2 aromatic rings. The van der Waals surface area contributed by atoms with Gasteiger partial charge in [-0.3, -0.25) is 14.4 Å². The number of anilines is 2. The summed E-state index contributed by atoms with van der Waals surface area (Å²) in [5, 5.41) is 2.29. The van der Waals surface area contributed by atoms with Gasteiger partial charge >= 0.3 is 0 Å². The minimum atomic E-state index is -0.369. The smallest absolute Gasteiger partial charge is 0.298 e. The van der Waals surface area contributed by atoms with Crippen molar-refractivity contribution >= 4 is 46.3 Å². The second-order valence-corrected chi connectivity index (χ2v) is 6.74. The van der Waals surface area contributed by atoms with Crippen molar-refractivity contribution in [2.45, 2.75) is 13.8 Å². The van der Waals surface area contributed by atoms with Crippen LogP contribution in [-0.4, -0.2) is 23.7 Å². The molecular formula is C20H18N2O4S. The number of nitrogens with zero attached hydrogens (tertiary/aromatic N) is 1. The minimum Gasteiger partial charge on any atom is -0.494 e. The van der Waals surface area contributed by atoms with Crippen molar-refractivity contribution in [2.24, 2.45) is 0 Å². The van der Waals surface area contributed by atoms with Gasteiger partial charge in [-0.25, -0.2) is 4.90 Å². The zero-order valence-corrected chi connectivity index (χ0v) is 15.7. The fourth-order valence-corrected chi connectivity index (χ4v) is 3.41. The third-order valence-electron chi connectivity index (χ3n) is 3.73.